The van der Waals surface area contributed by atoms with Gasteiger partial charge in [-0.2, -0.15) is 0 Å². The number of thioether (sulfide) groups is 3. The molecule has 0 spiro atoms. The Morgan fingerprint density at radius 2 is 1.91 bits per heavy atom. The Labute approximate surface area is 268 Å². The maximum absolute atomic E-state index is 13.4. The van der Waals surface area contributed by atoms with Crippen molar-refractivity contribution < 1.29 is 38.3 Å². The van der Waals surface area contributed by atoms with E-state index in [2.05, 4.69) is 31.0 Å². The van der Waals surface area contributed by atoms with Gasteiger partial charge in [0.25, 0.3) is 11.8 Å². The number of aromatic nitrogens is 2. The Balaban J connectivity index is 1.52. The van der Waals surface area contributed by atoms with Crippen LogP contribution in [0, 0.1) is 12.3 Å². The summed E-state index contributed by atoms with van der Waals surface area (Å²) in [6.07, 6.45) is -0.907. The Bertz CT molecular complexity index is 1440. The summed E-state index contributed by atoms with van der Waals surface area (Å²) in [7, 11) is 1.32. The number of oxime groups is 1. The molecule has 3 amide bonds. The number of nitrogens with two attached hydrogens (primary N) is 1. The van der Waals surface area contributed by atoms with E-state index in [0.717, 1.165) is 5.01 Å². The number of aryl methyl sites for hydroxylation is 1. The molecule has 3 atom stereocenters. The summed E-state index contributed by atoms with van der Waals surface area (Å²) in [4.78, 5) is 73.9. The number of nitrogens with one attached hydrogen (secondary N) is 2. The first-order chi connectivity index (χ1) is 20.8. The fourth-order valence-corrected chi connectivity index (χ4v) is 7.82. The molecule has 3 aliphatic heterocycles. The van der Waals surface area contributed by atoms with E-state index in [1.165, 1.54) is 58.6 Å². The first kappa shape index (κ1) is 33.7. The van der Waals surface area contributed by atoms with E-state index in [1.54, 1.807) is 20.8 Å². The fraction of sp³-hybridized carbons (Fsp3) is 0.542. The van der Waals surface area contributed by atoms with Gasteiger partial charge in [-0.3, -0.25) is 29.1 Å². The standard InChI is InChI=1S/C24H30N8O8S4/c1-10-29-30-23(44-10)43-7-11-6-41-18-14(17(34)32(18)15(11)19(35)38-9-39-20(36)24(2,3)4)28-16(33)13(31-40-22(37)26-5)12-8-42-21(25)27-12/h14,18,21H,6-9,25H2,1-5H3,(H,26,37)(H,28,33)/t14?,18-,21?/m0/s1. The van der Waals surface area contributed by atoms with Crippen LogP contribution in [0.2, 0.25) is 0 Å². The quantitative estimate of drug-likeness (QED) is 0.0591. The maximum Gasteiger partial charge on any atom is 0.433 e. The van der Waals surface area contributed by atoms with Crippen LogP contribution in [0.4, 0.5) is 4.79 Å². The Hall–Kier alpha value is -3.20. The molecule has 4 N–H and O–H groups in total. The van der Waals surface area contributed by atoms with E-state index in [-0.39, 0.29) is 22.9 Å². The van der Waals surface area contributed by atoms with Crippen LogP contribution in [0.25, 0.3) is 0 Å². The second-order valence-corrected chi connectivity index (χ2v) is 14.9. The average Bonchev–Trinajstić information content (AvgIpc) is 3.60. The Kier molecular flexibility index (Phi) is 10.9. The molecule has 20 heteroatoms. The van der Waals surface area contributed by atoms with Gasteiger partial charge in [0.1, 0.15) is 27.6 Å². The largest absolute Gasteiger partial charge is 0.433 e. The highest BCUT2D eigenvalue weighted by Crippen LogP contribution is 2.42. The molecule has 2 unspecified atom stereocenters. The zero-order chi connectivity index (χ0) is 32.2. The topological polar surface area (TPSA) is 217 Å². The molecular weight excluding hydrogens is 657 g/mol. The molecule has 4 rings (SSSR count). The van der Waals surface area contributed by atoms with Crippen LogP contribution in [0.3, 0.4) is 0 Å². The van der Waals surface area contributed by atoms with Crippen molar-refractivity contribution >= 4 is 87.9 Å². The number of hydrogen-bond acceptors (Lipinski definition) is 17. The van der Waals surface area contributed by atoms with Crippen molar-refractivity contribution in [1.29, 1.82) is 0 Å². The number of ether oxygens (including phenoxy) is 2. The van der Waals surface area contributed by atoms with Gasteiger partial charge in [0.15, 0.2) is 10.1 Å². The average molecular weight is 687 g/mol. The Morgan fingerprint density at radius 3 is 2.52 bits per heavy atom. The highest BCUT2D eigenvalue weighted by atomic mass is 32.2. The number of rotatable bonds is 10. The molecule has 4 heterocycles. The zero-order valence-corrected chi connectivity index (χ0v) is 27.5. The number of nitrogens with zero attached hydrogens (tertiary/aromatic N) is 5. The van der Waals surface area contributed by atoms with Crippen LogP contribution in [0.15, 0.2) is 25.8 Å². The summed E-state index contributed by atoms with van der Waals surface area (Å²) in [6, 6.07) is -1.04. The number of fused-ring (bicyclic) bond motifs is 1. The number of hydrogen-bond donors (Lipinski definition) is 3. The molecular formula is C24H30N8O8S4. The molecule has 1 aromatic heterocycles. The van der Waals surface area contributed by atoms with Gasteiger partial charge >= 0.3 is 18.0 Å². The molecule has 44 heavy (non-hydrogen) atoms. The summed E-state index contributed by atoms with van der Waals surface area (Å²) in [5.41, 5.74) is 4.87. The molecule has 3 aliphatic rings. The molecule has 0 radical (unpaired) electrons. The van der Waals surface area contributed by atoms with Crippen molar-refractivity contribution in [2.24, 2.45) is 21.3 Å². The van der Waals surface area contributed by atoms with E-state index in [4.69, 9.17) is 20.0 Å². The van der Waals surface area contributed by atoms with Gasteiger partial charge < -0.3 is 25.8 Å². The third-order valence-corrected chi connectivity index (χ3v) is 10.3. The van der Waals surface area contributed by atoms with Crippen molar-refractivity contribution in [1.82, 2.24) is 25.7 Å². The summed E-state index contributed by atoms with van der Waals surface area (Å²) in [5, 5.41) is 16.7. The lowest BCUT2D eigenvalue weighted by atomic mass is 9.98. The first-order valence-corrected chi connectivity index (χ1v) is 16.9. The lowest BCUT2D eigenvalue weighted by Gasteiger charge is -2.49. The number of carbonyl (C=O) groups is 5. The zero-order valence-electron chi connectivity index (χ0n) is 24.3. The molecule has 238 valence electrons. The summed E-state index contributed by atoms with van der Waals surface area (Å²) >= 11 is 5.33. The lowest BCUT2D eigenvalue weighted by Crippen LogP contribution is -2.71. The van der Waals surface area contributed by atoms with Crippen LogP contribution in [0.1, 0.15) is 25.8 Å². The number of esters is 2. The van der Waals surface area contributed by atoms with E-state index >= 15 is 0 Å². The van der Waals surface area contributed by atoms with Crippen LogP contribution in [0.5, 0.6) is 0 Å². The fourth-order valence-electron chi connectivity index (χ4n) is 3.78. The molecule has 0 aliphatic carbocycles. The van der Waals surface area contributed by atoms with Crippen molar-refractivity contribution in [2.75, 3.05) is 31.1 Å². The molecule has 1 aromatic rings. The lowest BCUT2D eigenvalue weighted by molar-refractivity contribution is -0.173. The van der Waals surface area contributed by atoms with E-state index < -0.39 is 59.0 Å². The van der Waals surface area contributed by atoms with Crippen molar-refractivity contribution in [3.63, 3.8) is 0 Å². The van der Waals surface area contributed by atoms with Gasteiger partial charge in [-0.15, -0.1) is 33.7 Å². The summed E-state index contributed by atoms with van der Waals surface area (Å²) < 4.78 is 11.0. The molecule has 0 saturated carbocycles. The smallest absolute Gasteiger partial charge is 0.427 e. The minimum atomic E-state index is -1.04. The SMILES string of the molecule is CNC(=O)ON=C(C(=O)NC1C(=O)N2C(C(=O)OCOC(=O)C(C)(C)C)=C(CSc3nnc(C)s3)CS[C@@H]12)C1=NC(N)SC1. The van der Waals surface area contributed by atoms with Gasteiger partial charge in [0.2, 0.25) is 6.79 Å². The van der Waals surface area contributed by atoms with Gasteiger partial charge in [-0.25, -0.2) is 9.59 Å². The van der Waals surface area contributed by atoms with Crippen LogP contribution in [-0.4, -0.2) is 104 Å². The highest BCUT2D eigenvalue weighted by Gasteiger charge is 2.55. The molecule has 16 nitrogen and oxygen atoms in total. The Morgan fingerprint density at radius 1 is 1.16 bits per heavy atom. The predicted octanol–water partition coefficient (Wildman–Crippen LogP) is 0.825. The van der Waals surface area contributed by atoms with Gasteiger partial charge in [-0.05, 0) is 33.3 Å². The van der Waals surface area contributed by atoms with Crippen molar-refractivity contribution in [3.8, 4) is 0 Å². The normalized spacial score (nSPS) is 21.6. The van der Waals surface area contributed by atoms with E-state index in [0.29, 0.717) is 21.4 Å². The van der Waals surface area contributed by atoms with Gasteiger partial charge in [0, 0.05) is 24.3 Å². The van der Waals surface area contributed by atoms with Crippen LogP contribution >= 0.6 is 46.6 Å². The van der Waals surface area contributed by atoms with Crippen molar-refractivity contribution in [3.05, 3.63) is 16.3 Å². The first-order valence-electron chi connectivity index (χ1n) is 13.0. The second-order valence-electron chi connectivity index (χ2n) is 10.3. The molecule has 1 saturated heterocycles. The van der Waals surface area contributed by atoms with E-state index in [1.807, 2.05) is 6.92 Å². The number of aliphatic imine (C=N–C) groups is 1. The minimum absolute atomic E-state index is 0.00387. The van der Waals surface area contributed by atoms with Crippen molar-refractivity contribution in [2.45, 2.75) is 48.9 Å². The number of β-lactam (4-membered cyclic amide) rings is 1. The van der Waals surface area contributed by atoms with Crippen LogP contribution in [-0.2, 0) is 33.5 Å². The third-order valence-electron chi connectivity index (χ3n) is 5.98. The number of carbonyl (C=O) groups excluding carboxylic acids is 5. The van der Waals surface area contributed by atoms with Crippen LogP contribution < -0.4 is 16.4 Å². The summed E-state index contributed by atoms with van der Waals surface area (Å²) in [6.45, 7) is 6.17. The molecule has 1 fully saturated rings. The summed E-state index contributed by atoms with van der Waals surface area (Å²) in [5.74, 6) is -1.92. The minimum Gasteiger partial charge on any atom is -0.427 e. The third kappa shape index (κ3) is 7.89. The predicted molar refractivity (Wildman–Crippen MR) is 165 cm³/mol. The number of amides is 3. The van der Waals surface area contributed by atoms with E-state index in [9.17, 15) is 24.0 Å². The van der Waals surface area contributed by atoms with Gasteiger partial charge in [0.05, 0.1) is 11.1 Å². The highest BCUT2D eigenvalue weighted by molar-refractivity contribution is 8.02. The molecule has 0 aromatic carbocycles. The maximum atomic E-state index is 13.4. The van der Waals surface area contributed by atoms with Gasteiger partial charge in [-0.1, -0.05) is 28.3 Å². The monoisotopic (exact) mass is 686 g/mol. The second kappa shape index (κ2) is 14.3. The molecule has 0 bridgehead atoms.